The van der Waals surface area contributed by atoms with E-state index < -0.39 is 5.97 Å². The van der Waals surface area contributed by atoms with Crippen LogP contribution >= 0.6 is 23.4 Å². The zero-order valence-electron chi connectivity index (χ0n) is 19.3. The lowest BCUT2D eigenvalue weighted by Crippen LogP contribution is -2.02. The first-order valence-corrected chi connectivity index (χ1v) is 12.2. The fourth-order valence-corrected chi connectivity index (χ4v) is 4.37. The standard InChI is InChI=1S/C27H24ClN3O3S/c1-3-31-25(21-10-12-22(28)13-11-21)29-30-27(31)35-24(26(32)33)16-19-8-14-23(15-9-19)34-17-20-6-4-18(2)5-7-20/h4-16H,3,17H2,1-2H3,(H,32,33)/b24-16-. The molecule has 0 saturated heterocycles. The lowest BCUT2D eigenvalue weighted by Gasteiger charge is -2.09. The summed E-state index contributed by atoms with van der Waals surface area (Å²) in [4.78, 5) is 12.1. The highest BCUT2D eigenvalue weighted by molar-refractivity contribution is 8.04. The number of carbonyl (C=O) groups is 1. The molecule has 1 heterocycles. The van der Waals surface area contributed by atoms with Gasteiger partial charge in [0.25, 0.3) is 0 Å². The molecular weight excluding hydrogens is 482 g/mol. The molecule has 0 radical (unpaired) electrons. The van der Waals surface area contributed by atoms with Gasteiger partial charge in [0.05, 0.1) is 0 Å². The molecule has 1 aromatic heterocycles. The van der Waals surface area contributed by atoms with Crippen LogP contribution in [0.4, 0.5) is 0 Å². The highest BCUT2D eigenvalue weighted by Crippen LogP contribution is 2.31. The Morgan fingerprint density at radius 1 is 1.03 bits per heavy atom. The molecule has 0 saturated carbocycles. The largest absolute Gasteiger partial charge is 0.489 e. The fourth-order valence-electron chi connectivity index (χ4n) is 3.36. The number of aliphatic carboxylic acids is 1. The summed E-state index contributed by atoms with van der Waals surface area (Å²) in [6.07, 6.45) is 1.62. The van der Waals surface area contributed by atoms with Gasteiger partial charge in [-0.2, -0.15) is 0 Å². The molecule has 4 rings (SSSR count). The molecule has 0 atom stereocenters. The normalized spacial score (nSPS) is 11.5. The van der Waals surface area contributed by atoms with Crippen LogP contribution in [0.2, 0.25) is 5.02 Å². The van der Waals surface area contributed by atoms with Crippen molar-refractivity contribution in [1.82, 2.24) is 14.8 Å². The summed E-state index contributed by atoms with van der Waals surface area (Å²) in [6.45, 7) is 5.07. The molecule has 3 aromatic carbocycles. The minimum absolute atomic E-state index is 0.142. The van der Waals surface area contributed by atoms with Crippen LogP contribution in [0.1, 0.15) is 23.6 Å². The van der Waals surface area contributed by atoms with E-state index in [1.807, 2.05) is 66.9 Å². The molecule has 0 aliphatic heterocycles. The Morgan fingerprint density at radius 2 is 1.71 bits per heavy atom. The molecule has 0 aliphatic rings. The van der Waals surface area contributed by atoms with Crippen molar-refractivity contribution in [2.45, 2.75) is 32.2 Å². The Morgan fingerprint density at radius 3 is 2.34 bits per heavy atom. The molecule has 1 N–H and O–H groups in total. The second kappa shape index (κ2) is 11.3. The molecule has 0 fully saturated rings. The zero-order chi connectivity index (χ0) is 24.8. The molecule has 0 spiro atoms. The van der Waals surface area contributed by atoms with E-state index in [2.05, 4.69) is 22.3 Å². The van der Waals surface area contributed by atoms with Crippen molar-refractivity contribution < 1.29 is 14.6 Å². The summed E-state index contributed by atoms with van der Waals surface area (Å²) in [7, 11) is 0. The van der Waals surface area contributed by atoms with Crippen LogP contribution in [0.3, 0.4) is 0 Å². The Hall–Kier alpha value is -3.55. The predicted octanol–water partition coefficient (Wildman–Crippen LogP) is 6.72. The first-order valence-electron chi connectivity index (χ1n) is 11.0. The molecule has 0 aliphatic carbocycles. The van der Waals surface area contributed by atoms with Crippen LogP contribution in [-0.2, 0) is 17.9 Å². The van der Waals surface area contributed by atoms with Crippen LogP contribution in [0.25, 0.3) is 17.5 Å². The van der Waals surface area contributed by atoms with Crippen molar-refractivity contribution in [1.29, 1.82) is 0 Å². The van der Waals surface area contributed by atoms with Gasteiger partial charge in [-0.05, 0) is 79.2 Å². The number of aromatic nitrogens is 3. The Labute approximate surface area is 213 Å². The van der Waals surface area contributed by atoms with E-state index in [1.54, 1.807) is 18.2 Å². The summed E-state index contributed by atoms with van der Waals surface area (Å²) in [6, 6.07) is 22.8. The number of aryl methyl sites for hydroxylation is 1. The minimum atomic E-state index is -1.03. The number of carboxylic acid groups (broad SMARTS) is 1. The van der Waals surface area contributed by atoms with Gasteiger partial charge in [0.15, 0.2) is 11.0 Å². The smallest absolute Gasteiger partial charge is 0.342 e. The van der Waals surface area contributed by atoms with Crippen molar-refractivity contribution in [2.24, 2.45) is 0 Å². The first-order chi connectivity index (χ1) is 16.9. The number of nitrogens with zero attached hydrogens (tertiary/aromatic N) is 3. The van der Waals surface area contributed by atoms with E-state index in [9.17, 15) is 9.90 Å². The van der Waals surface area contributed by atoms with Gasteiger partial charge in [0.2, 0.25) is 0 Å². The molecule has 8 heteroatoms. The topological polar surface area (TPSA) is 77.2 Å². The maximum atomic E-state index is 12.0. The predicted molar refractivity (Wildman–Crippen MR) is 140 cm³/mol. The van der Waals surface area contributed by atoms with Gasteiger partial charge in [-0.15, -0.1) is 10.2 Å². The van der Waals surface area contributed by atoms with Crippen molar-refractivity contribution >= 4 is 35.4 Å². The number of hydrogen-bond acceptors (Lipinski definition) is 5. The fraction of sp³-hybridized carbons (Fsp3) is 0.148. The van der Waals surface area contributed by atoms with Crippen LogP contribution in [0, 0.1) is 6.92 Å². The van der Waals surface area contributed by atoms with Crippen molar-refractivity contribution in [2.75, 3.05) is 0 Å². The van der Waals surface area contributed by atoms with Crippen LogP contribution in [-0.4, -0.2) is 25.8 Å². The van der Waals surface area contributed by atoms with E-state index >= 15 is 0 Å². The second-order valence-electron chi connectivity index (χ2n) is 7.82. The average molecular weight is 506 g/mol. The minimum Gasteiger partial charge on any atom is -0.489 e. The number of halogens is 1. The first kappa shape index (κ1) is 24.6. The van der Waals surface area contributed by atoms with Gasteiger partial charge in [-0.3, -0.25) is 0 Å². The molecule has 178 valence electrons. The number of benzene rings is 3. The van der Waals surface area contributed by atoms with Crippen LogP contribution < -0.4 is 4.74 Å². The maximum absolute atomic E-state index is 12.0. The van der Waals surface area contributed by atoms with Gasteiger partial charge in [-0.25, -0.2) is 4.79 Å². The lowest BCUT2D eigenvalue weighted by atomic mass is 10.1. The van der Waals surface area contributed by atoms with E-state index in [0.29, 0.717) is 34.9 Å². The van der Waals surface area contributed by atoms with Gasteiger partial charge in [0.1, 0.15) is 17.3 Å². The van der Waals surface area contributed by atoms with Gasteiger partial charge < -0.3 is 14.4 Å². The van der Waals surface area contributed by atoms with Crippen molar-refractivity contribution in [3.8, 4) is 17.1 Å². The Bertz CT molecular complexity index is 1330. The van der Waals surface area contributed by atoms with Gasteiger partial charge in [-0.1, -0.05) is 53.6 Å². The SMILES string of the molecule is CCn1c(S/C(=C\c2ccc(OCc3ccc(C)cc3)cc2)C(=O)O)nnc1-c1ccc(Cl)cc1. The molecule has 35 heavy (non-hydrogen) atoms. The Balaban J connectivity index is 1.49. The number of rotatable bonds is 9. The third kappa shape index (κ3) is 6.32. The summed E-state index contributed by atoms with van der Waals surface area (Å²) in [5.41, 5.74) is 3.90. The summed E-state index contributed by atoms with van der Waals surface area (Å²) >= 11 is 7.06. The third-order valence-electron chi connectivity index (χ3n) is 5.25. The quantitative estimate of drug-likeness (QED) is 0.201. The second-order valence-corrected chi connectivity index (χ2v) is 9.26. The number of hydrogen-bond donors (Lipinski definition) is 1. The number of thioether (sulfide) groups is 1. The molecule has 0 bridgehead atoms. The third-order valence-corrected chi connectivity index (χ3v) is 6.50. The highest BCUT2D eigenvalue weighted by Gasteiger charge is 2.18. The van der Waals surface area contributed by atoms with Gasteiger partial charge in [0, 0.05) is 17.1 Å². The van der Waals surface area contributed by atoms with Gasteiger partial charge >= 0.3 is 5.97 Å². The maximum Gasteiger partial charge on any atom is 0.342 e. The summed E-state index contributed by atoms with van der Waals surface area (Å²) < 4.78 is 7.73. The molecule has 6 nitrogen and oxygen atoms in total. The highest BCUT2D eigenvalue weighted by atomic mass is 35.5. The van der Waals surface area contributed by atoms with E-state index in [0.717, 1.165) is 28.5 Å². The monoisotopic (exact) mass is 505 g/mol. The average Bonchev–Trinajstić information content (AvgIpc) is 3.27. The van der Waals surface area contributed by atoms with Crippen molar-refractivity contribution in [3.63, 3.8) is 0 Å². The molecular formula is C27H24ClN3O3S. The summed E-state index contributed by atoms with van der Waals surface area (Å²) in [5, 5.41) is 19.5. The molecule has 0 unspecified atom stereocenters. The van der Waals surface area contributed by atoms with E-state index in [1.165, 1.54) is 5.56 Å². The summed E-state index contributed by atoms with van der Waals surface area (Å²) in [5.74, 6) is 0.338. The molecule has 4 aromatic rings. The van der Waals surface area contributed by atoms with E-state index in [4.69, 9.17) is 16.3 Å². The number of ether oxygens (including phenoxy) is 1. The lowest BCUT2D eigenvalue weighted by molar-refractivity contribution is -0.131. The van der Waals surface area contributed by atoms with Crippen molar-refractivity contribution in [3.05, 3.63) is 99.4 Å². The van der Waals surface area contributed by atoms with Crippen LogP contribution in [0.5, 0.6) is 5.75 Å². The number of carboxylic acids is 1. The molecule has 0 amide bonds. The zero-order valence-corrected chi connectivity index (χ0v) is 20.9. The Kier molecular flexibility index (Phi) is 7.90. The van der Waals surface area contributed by atoms with Crippen LogP contribution in [0.15, 0.2) is 82.9 Å². The van der Waals surface area contributed by atoms with E-state index in [-0.39, 0.29) is 4.91 Å².